The third kappa shape index (κ3) is 2.37. The van der Waals surface area contributed by atoms with E-state index in [0.717, 1.165) is 12.8 Å². The zero-order valence-corrected chi connectivity index (χ0v) is 14.6. The predicted molar refractivity (Wildman–Crippen MR) is 89.6 cm³/mol. The topological polar surface area (TPSA) is 125 Å². The minimum atomic E-state index is -3.79. The molecule has 0 radical (unpaired) electrons. The van der Waals surface area contributed by atoms with Crippen LogP contribution in [0, 0.1) is 0 Å². The molecule has 1 aliphatic heterocycles. The molecule has 5 rings (SSSR count). The average molecular weight is 375 g/mol. The number of fused-ring (bicyclic) bond motifs is 1. The highest BCUT2D eigenvalue weighted by Gasteiger charge is 2.47. The van der Waals surface area contributed by atoms with Crippen LogP contribution in [0.3, 0.4) is 0 Å². The van der Waals surface area contributed by atoms with Gasteiger partial charge in [-0.15, -0.1) is 0 Å². The maximum atomic E-state index is 13.1. The van der Waals surface area contributed by atoms with Gasteiger partial charge < -0.3 is 14.6 Å². The molecule has 3 aromatic heterocycles. The van der Waals surface area contributed by atoms with Gasteiger partial charge in [-0.2, -0.15) is 9.29 Å². The Balaban J connectivity index is 1.45. The van der Waals surface area contributed by atoms with Gasteiger partial charge in [0.2, 0.25) is 10.0 Å². The molecule has 2 aliphatic rings. The van der Waals surface area contributed by atoms with E-state index >= 15 is 0 Å². The summed E-state index contributed by atoms with van der Waals surface area (Å²) in [6, 6.07) is 3.39. The molecule has 10 heteroatoms. The summed E-state index contributed by atoms with van der Waals surface area (Å²) in [7, 11) is -3.79. The van der Waals surface area contributed by atoms with Crippen LogP contribution < -0.4 is 0 Å². The Labute approximate surface area is 149 Å². The van der Waals surface area contributed by atoms with E-state index in [9.17, 15) is 13.5 Å². The first-order chi connectivity index (χ1) is 12.5. The lowest BCUT2D eigenvalue weighted by atomic mass is 10.0. The Morgan fingerprint density at radius 1 is 1.38 bits per heavy atom. The minimum absolute atomic E-state index is 0.0951. The summed E-state index contributed by atoms with van der Waals surface area (Å²) < 4.78 is 32.6. The van der Waals surface area contributed by atoms with Crippen LogP contribution in [-0.2, 0) is 15.6 Å². The zero-order valence-electron chi connectivity index (χ0n) is 13.8. The Bertz CT molecular complexity index is 1090. The fraction of sp³-hybridized carbons (Fsp3) is 0.438. The van der Waals surface area contributed by atoms with Gasteiger partial charge in [-0.3, -0.25) is 0 Å². The zero-order chi connectivity index (χ0) is 17.9. The molecule has 2 fully saturated rings. The number of aromatic nitrogens is 4. The van der Waals surface area contributed by atoms with E-state index in [2.05, 4.69) is 20.1 Å². The molecule has 0 spiro atoms. The molecular weight excluding hydrogens is 358 g/mol. The molecular formula is C16H17N5O4S. The van der Waals surface area contributed by atoms with Crippen molar-refractivity contribution in [2.75, 3.05) is 13.1 Å². The molecule has 136 valence electrons. The second kappa shape index (κ2) is 5.35. The predicted octanol–water partition coefficient (Wildman–Crippen LogP) is 1.11. The number of nitrogens with zero attached hydrogens (tertiary/aromatic N) is 4. The first-order valence-electron chi connectivity index (χ1n) is 8.46. The summed E-state index contributed by atoms with van der Waals surface area (Å²) in [4.78, 5) is 11.4. The van der Waals surface area contributed by atoms with Crippen LogP contribution in [0.25, 0.3) is 11.0 Å². The maximum absolute atomic E-state index is 13.1. The number of rotatable bonds is 4. The van der Waals surface area contributed by atoms with Crippen LogP contribution in [0.15, 0.2) is 33.9 Å². The van der Waals surface area contributed by atoms with Gasteiger partial charge in [0, 0.05) is 36.7 Å². The number of pyridine rings is 1. The number of hydrogen-bond donors (Lipinski definition) is 2. The summed E-state index contributed by atoms with van der Waals surface area (Å²) >= 11 is 0. The number of H-pyrrole nitrogens is 1. The lowest BCUT2D eigenvalue weighted by Crippen LogP contribution is -2.34. The highest BCUT2D eigenvalue weighted by molar-refractivity contribution is 7.89. The highest BCUT2D eigenvalue weighted by Crippen LogP contribution is 2.40. The van der Waals surface area contributed by atoms with Crippen molar-refractivity contribution in [1.82, 2.24) is 24.4 Å². The van der Waals surface area contributed by atoms with E-state index in [4.69, 9.17) is 4.52 Å². The van der Waals surface area contributed by atoms with Crippen LogP contribution >= 0.6 is 0 Å². The molecule has 1 unspecified atom stereocenters. The van der Waals surface area contributed by atoms with Crippen molar-refractivity contribution in [1.29, 1.82) is 0 Å². The average Bonchev–Trinajstić information content (AvgIpc) is 3.05. The number of aromatic amines is 1. The summed E-state index contributed by atoms with van der Waals surface area (Å²) in [5, 5.41) is 15.3. The lowest BCUT2D eigenvalue weighted by molar-refractivity contribution is 0.0194. The second-order valence-electron chi connectivity index (χ2n) is 6.90. The van der Waals surface area contributed by atoms with Gasteiger partial charge in [-0.05, 0) is 25.0 Å². The van der Waals surface area contributed by atoms with E-state index in [1.807, 2.05) is 0 Å². The van der Waals surface area contributed by atoms with Gasteiger partial charge in [0.05, 0.1) is 6.54 Å². The first kappa shape index (κ1) is 15.9. The smallest absolute Gasteiger partial charge is 0.260 e. The molecule has 1 atom stereocenters. The molecule has 0 bridgehead atoms. The van der Waals surface area contributed by atoms with Gasteiger partial charge in [0.25, 0.3) is 5.89 Å². The van der Waals surface area contributed by atoms with Gasteiger partial charge >= 0.3 is 0 Å². The SMILES string of the molecule is O=S(=O)(c1c[nH]c2ncccc12)N1CCC(O)(c2nc(C3CC3)no2)C1. The van der Waals surface area contributed by atoms with Crippen molar-refractivity contribution >= 4 is 21.1 Å². The van der Waals surface area contributed by atoms with Gasteiger partial charge in [-0.1, -0.05) is 5.16 Å². The van der Waals surface area contributed by atoms with E-state index in [1.54, 1.807) is 18.3 Å². The maximum Gasteiger partial charge on any atom is 0.260 e. The Morgan fingerprint density at radius 2 is 2.23 bits per heavy atom. The quantitative estimate of drug-likeness (QED) is 0.699. The minimum Gasteiger partial charge on any atom is -0.379 e. The molecule has 9 nitrogen and oxygen atoms in total. The first-order valence-corrected chi connectivity index (χ1v) is 9.90. The van der Waals surface area contributed by atoms with Crippen LogP contribution in [0.2, 0.25) is 0 Å². The van der Waals surface area contributed by atoms with Gasteiger partial charge in [-0.25, -0.2) is 13.4 Å². The number of hydrogen-bond acceptors (Lipinski definition) is 7. The fourth-order valence-electron chi connectivity index (χ4n) is 3.35. The monoisotopic (exact) mass is 375 g/mol. The third-order valence-electron chi connectivity index (χ3n) is 5.03. The second-order valence-corrected chi connectivity index (χ2v) is 8.81. The summed E-state index contributed by atoms with van der Waals surface area (Å²) in [6.07, 6.45) is 5.28. The number of aliphatic hydroxyl groups is 1. The lowest BCUT2D eigenvalue weighted by Gasteiger charge is -2.19. The summed E-state index contributed by atoms with van der Waals surface area (Å²) in [6.45, 7) is 0.0570. The molecule has 2 N–H and O–H groups in total. The van der Waals surface area contributed by atoms with Crippen molar-refractivity contribution in [2.24, 2.45) is 0 Å². The van der Waals surface area contributed by atoms with Crippen LogP contribution in [0.5, 0.6) is 0 Å². The Kier molecular flexibility index (Phi) is 3.27. The van der Waals surface area contributed by atoms with Crippen molar-refractivity contribution in [3.63, 3.8) is 0 Å². The fourth-order valence-corrected chi connectivity index (χ4v) is 5.00. The molecule has 0 amide bonds. The van der Waals surface area contributed by atoms with Crippen molar-refractivity contribution in [3.8, 4) is 0 Å². The molecule has 1 aliphatic carbocycles. The summed E-state index contributed by atoms with van der Waals surface area (Å²) in [5.74, 6) is 0.992. The standard InChI is InChI=1S/C16H17N5O4S/c22-16(15-19-13(20-25-15)10-3-4-10)5-7-21(9-16)26(23,24)12-8-18-14-11(12)2-1-6-17-14/h1-2,6,8,10,22H,3-5,7,9H2,(H,17,18). The van der Waals surface area contributed by atoms with E-state index in [0.29, 0.717) is 22.8 Å². The Morgan fingerprint density at radius 3 is 3.04 bits per heavy atom. The molecule has 4 heterocycles. The molecule has 0 aromatic carbocycles. The molecule has 1 saturated carbocycles. The third-order valence-corrected chi connectivity index (χ3v) is 6.91. The van der Waals surface area contributed by atoms with Crippen LogP contribution in [0.4, 0.5) is 0 Å². The summed E-state index contributed by atoms with van der Waals surface area (Å²) in [5.41, 5.74) is -0.955. The molecule has 1 saturated heterocycles. The van der Waals surface area contributed by atoms with E-state index < -0.39 is 15.6 Å². The number of nitrogens with one attached hydrogen (secondary N) is 1. The van der Waals surface area contributed by atoms with Crippen molar-refractivity contribution in [3.05, 3.63) is 36.2 Å². The van der Waals surface area contributed by atoms with Crippen LogP contribution in [0.1, 0.15) is 36.9 Å². The van der Waals surface area contributed by atoms with E-state index in [-0.39, 0.29) is 30.3 Å². The molecule has 26 heavy (non-hydrogen) atoms. The van der Waals surface area contributed by atoms with Crippen molar-refractivity contribution < 1.29 is 18.0 Å². The largest absolute Gasteiger partial charge is 0.379 e. The molecule has 3 aromatic rings. The van der Waals surface area contributed by atoms with Gasteiger partial charge in [0.15, 0.2) is 11.4 Å². The normalized spacial score (nSPS) is 24.5. The van der Waals surface area contributed by atoms with Crippen LogP contribution in [-0.4, -0.2) is 51.0 Å². The Hall–Kier alpha value is -2.30. The van der Waals surface area contributed by atoms with Crippen molar-refractivity contribution in [2.45, 2.75) is 35.7 Å². The van der Waals surface area contributed by atoms with Gasteiger partial charge in [0.1, 0.15) is 10.5 Å². The van der Waals surface area contributed by atoms with E-state index in [1.165, 1.54) is 10.5 Å². The number of β-amino-alcohol motifs (C(OH)–C–C–N with tert-alkyl or cyclic N) is 1. The highest BCUT2D eigenvalue weighted by atomic mass is 32.2. The number of sulfonamides is 1.